The van der Waals surface area contributed by atoms with E-state index in [0.717, 1.165) is 24.0 Å². The van der Waals surface area contributed by atoms with Gasteiger partial charge in [-0.15, -0.1) is 0 Å². The Labute approximate surface area is 238 Å². The number of hydrogen-bond acceptors (Lipinski definition) is 12. The van der Waals surface area contributed by atoms with E-state index in [1.807, 2.05) is 19.1 Å². The fourth-order valence-electron chi connectivity index (χ4n) is 5.10. The third kappa shape index (κ3) is 7.14. The van der Waals surface area contributed by atoms with E-state index in [1.54, 1.807) is 18.2 Å². The Hall–Kier alpha value is -3.29. The Morgan fingerprint density at radius 2 is 1.78 bits per heavy atom. The van der Waals surface area contributed by atoms with E-state index in [0.29, 0.717) is 29.5 Å². The summed E-state index contributed by atoms with van der Waals surface area (Å²) in [6, 6.07) is 8.93. The number of aliphatic hydroxyl groups is 2. The van der Waals surface area contributed by atoms with Gasteiger partial charge in [0, 0.05) is 11.8 Å². The van der Waals surface area contributed by atoms with Crippen LogP contribution in [0.2, 0.25) is 0 Å². The number of phenols is 1. The number of hydrogen-bond donors (Lipinski definition) is 3. The summed E-state index contributed by atoms with van der Waals surface area (Å²) in [6.07, 6.45) is -1.98. The first kappa shape index (κ1) is 30.7. The molecule has 2 heterocycles. The molecular weight excluding hydrogens is 540 g/mol. The van der Waals surface area contributed by atoms with Crippen LogP contribution in [0.4, 0.5) is 0 Å². The standard InChI is InChI=1S/C21H28O9.C8H10O3/c1-11-18(8-26-12(2)23)29-21(19(11)24)30-20-14(7-25-9-22)4-3-13-5-16-17(6-15(13)20)28-10-27-16;1-10-6-4-3-5-7(11-2)8(6)9/h5-6,9,11-12,14,18-21,23-24H,3-4,7-8,10H2,1-2H3;3-5,9H,1-2H3. The van der Waals surface area contributed by atoms with Gasteiger partial charge >= 0.3 is 0 Å². The number of fused-ring (bicyclic) bond motifs is 2. The Balaban J connectivity index is 0.000000296. The van der Waals surface area contributed by atoms with Crippen molar-refractivity contribution in [1.82, 2.24) is 0 Å². The third-order valence-electron chi connectivity index (χ3n) is 7.43. The second-order valence-corrected chi connectivity index (χ2v) is 10.0. The van der Waals surface area contributed by atoms with Gasteiger partial charge in [0.2, 0.25) is 12.5 Å². The number of para-hydroxylation sites is 1. The first-order valence-corrected chi connectivity index (χ1v) is 13.4. The molecule has 2 aliphatic heterocycles. The van der Waals surface area contributed by atoms with Gasteiger partial charge in [-0.25, -0.2) is 0 Å². The Morgan fingerprint density at radius 3 is 2.41 bits per heavy atom. The quantitative estimate of drug-likeness (QED) is 0.281. The van der Waals surface area contributed by atoms with Crippen LogP contribution < -0.4 is 18.9 Å². The molecule has 2 aromatic rings. The highest BCUT2D eigenvalue weighted by Gasteiger charge is 2.45. The van der Waals surface area contributed by atoms with Crippen LogP contribution >= 0.6 is 0 Å². The Kier molecular flexibility index (Phi) is 10.5. The molecule has 12 heteroatoms. The summed E-state index contributed by atoms with van der Waals surface area (Å²) in [5.41, 5.74) is 1.98. The molecule has 7 unspecified atom stereocenters. The highest BCUT2D eigenvalue weighted by molar-refractivity contribution is 5.51. The molecule has 0 aromatic heterocycles. The van der Waals surface area contributed by atoms with Crippen LogP contribution in [0, 0.1) is 11.8 Å². The number of rotatable bonds is 10. The van der Waals surface area contributed by atoms with Crippen molar-refractivity contribution in [2.45, 2.75) is 57.6 Å². The lowest BCUT2D eigenvalue weighted by molar-refractivity contribution is -0.217. The molecule has 1 saturated heterocycles. The number of benzene rings is 2. The number of ether oxygens (including phenoxy) is 8. The number of aliphatic hydroxyl groups excluding tert-OH is 2. The molecule has 0 amide bonds. The third-order valence-corrected chi connectivity index (χ3v) is 7.43. The van der Waals surface area contributed by atoms with Crippen LogP contribution in [-0.4, -0.2) is 80.8 Å². The average molecular weight is 579 g/mol. The molecule has 12 nitrogen and oxygen atoms in total. The van der Waals surface area contributed by atoms with Crippen molar-refractivity contribution in [3.8, 4) is 28.7 Å². The minimum absolute atomic E-state index is 0.0394. The van der Waals surface area contributed by atoms with Gasteiger partial charge in [-0.05, 0) is 55.2 Å². The van der Waals surface area contributed by atoms with Crippen molar-refractivity contribution >= 4 is 6.47 Å². The second-order valence-electron chi connectivity index (χ2n) is 10.0. The molecule has 1 fully saturated rings. The molecule has 7 atom stereocenters. The number of aromatic hydroxyl groups is 1. The van der Waals surface area contributed by atoms with E-state index in [9.17, 15) is 20.1 Å². The minimum Gasteiger partial charge on any atom is -0.502 e. The normalized spacial score (nSPS) is 26.8. The molecule has 0 radical (unpaired) electrons. The van der Waals surface area contributed by atoms with Crippen LogP contribution in [0.5, 0.6) is 28.7 Å². The smallest absolute Gasteiger partial charge is 0.293 e. The van der Waals surface area contributed by atoms with Gasteiger partial charge in [0.1, 0.15) is 6.10 Å². The molecule has 5 rings (SSSR count). The van der Waals surface area contributed by atoms with E-state index in [-0.39, 0.29) is 37.6 Å². The Morgan fingerprint density at radius 1 is 1.10 bits per heavy atom. The molecule has 0 spiro atoms. The molecule has 1 aliphatic carbocycles. The molecule has 0 saturated carbocycles. The summed E-state index contributed by atoms with van der Waals surface area (Å²) in [7, 11) is 2.99. The number of phenolic OH excluding ortho intramolecular Hbond substituents is 1. The zero-order chi connectivity index (χ0) is 29.5. The summed E-state index contributed by atoms with van der Waals surface area (Å²) < 4.78 is 43.2. The topological polar surface area (TPSA) is 152 Å². The molecule has 3 N–H and O–H groups in total. The predicted molar refractivity (Wildman–Crippen MR) is 143 cm³/mol. The van der Waals surface area contributed by atoms with Gasteiger partial charge in [-0.2, -0.15) is 0 Å². The van der Waals surface area contributed by atoms with Crippen LogP contribution in [0.25, 0.3) is 0 Å². The lowest BCUT2D eigenvalue weighted by Crippen LogP contribution is -2.34. The van der Waals surface area contributed by atoms with E-state index >= 15 is 0 Å². The Bertz CT molecular complexity index is 1130. The molecule has 3 aliphatic rings. The summed E-state index contributed by atoms with van der Waals surface area (Å²) in [5, 5.41) is 29.4. The van der Waals surface area contributed by atoms with Crippen molar-refractivity contribution in [1.29, 1.82) is 0 Å². The summed E-state index contributed by atoms with van der Waals surface area (Å²) in [4.78, 5) is 10.8. The fraction of sp³-hybridized carbons (Fsp3) is 0.552. The monoisotopic (exact) mass is 578 g/mol. The maximum Gasteiger partial charge on any atom is 0.293 e. The van der Waals surface area contributed by atoms with Crippen molar-refractivity contribution in [2.24, 2.45) is 11.8 Å². The zero-order valence-electron chi connectivity index (χ0n) is 23.6. The lowest BCUT2D eigenvalue weighted by atomic mass is 9.81. The minimum atomic E-state index is -0.919. The van der Waals surface area contributed by atoms with Crippen LogP contribution in [0.15, 0.2) is 30.3 Å². The zero-order valence-corrected chi connectivity index (χ0v) is 23.6. The van der Waals surface area contributed by atoms with Gasteiger partial charge < -0.3 is 53.2 Å². The number of aryl methyl sites for hydroxylation is 1. The number of carbonyl (C=O) groups excluding carboxylic acids is 1. The van der Waals surface area contributed by atoms with Gasteiger partial charge in [-0.3, -0.25) is 4.79 Å². The predicted octanol–water partition coefficient (Wildman–Crippen LogP) is 2.69. The van der Waals surface area contributed by atoms with E-state index < -0.39 is 30.9 Å². The van der Waals surface area contributed by atoms with Gasteiger partial charge in [-0.1, -0.05) is 13.0 Å². The molecular formula is C29H38O12. The highest BCUT2D eigenvalue weighted by Crippen LogP contribution is 2.45. The van der Waals surface area contributed by atoms with Crippen molar-refractivity contribution in [3.63, 3.8) is 0 Å². The molecule has 226 valence electrons. The summed E-state index contributed by atoms with van der Waals surface area (Å²) in [6.45, 7) is 4.32. The van der Waals surface area contributed by atoms with Gasteiger partial charge in [0.05, 0.1) is 39.6 Å². The van der Waals surface area contributed by atoms with Crippen molar-refractivity contribution in [3.05, 3.63) is 41.5 Å². The first-order chi connectivity index (χ1) is 19.8. The number of methoxy groups -OCH3 is 2. The number of carbonyl (C=O) groups is 1. The lowest BCUT2D eigenvalue weighted by Gasteiger charge is -2.35. The maximum atomic E-state index is 10.8. The summed E-state index contributed by atoms with van der Waals surface area (Å²) in [5.74, 6) is 1.89. The van der Waals surface area contributed by atoms with E-state index in [2.05, 4.69) is 0 Å². The van der Waals surface area contributed by atoms with Gasteiger partial charge in [0.15, 0.2) is 35.6 Å². The van der Waals surface area contributed by atoms with Crippen LogP contribution in [0.3, 0.4) is 0 Å². The average Bonchev–Trinajstić information content (AvgIpc) is 3.54. The van der Waals surface area contributed by atoms with Crippen molar-refractivity contribution < 1.29 is 58.0 Å². The fourth-order valence-corrected chi connectivity index (χ4v) is 5.10. The second kappa shape index (κ2) is 14.1. The van der Waals surface area contributed by atoms with Crippen LogP contribution in [0.1, 0.15) is 37.5 Å². The molecule has 0 bridgehead atoms. The van der Waals surface area contributed by atoms with Crippen molar-refractivity contribution in [2.75, 3.05) is 34.2 Å². The highest BCUT2D eigenvalue weighted by atomic mass is 16.7. The maximum absolute atomic E-state index is 10.8. The largest absolute Gasteiger partial charge is 0.502 e. The summed E-state index contributed by atoms with van der Waals surface area (Å²) >= 11 is 0. The molecule has 2 aromatic carbocycles. The van der Waals surface area contributed by atoms with E-state index in [4.69, 9.17) is 37.9 Å². The SMILES string of the molecule is CC(O)OCC1OC(OC2c3cc4c(cc3CCC2COC=O)OCO4)C(O)C1C.COc1cccc(OC)c1O. The van der Waals surface area contributed by atoms with Gasteiger partial charge in [0.25, 0.3) is 6.47 Å². The van der Waals surface area contributed by atoms with Crippen LogP contribution in [-0.2, 0) is 30.2 Å². The van der Waals surface area contributed by atoms with E-state index in [1.165, 1.54) is 21.1 Å². The first-order valence-electron chi connectivity index (χ1n) is 13.4. The molecule has 41 heavy (non-hydrogen) atoms.